The van der Waals surface area contributed by atoms with Crippen LogP contribution in [0.5, 0.6) is 0 Å². The lowest BCUT2D eigenvalue weighted by Gasteiger charge is -2.26. The van der Waals surface area contributed by atoms with Crippen LogP contribution in [0, 0.1) is 0 Å². The smallest absolute Gasteiger partial charge is 0.0767 e. The topological polar surface area (TPSA) is 88.1 Å². The van der Waals surface area contributed by atoms with Crippen LogP contribution in [0.2, 0.25) is 0 Å². The quantitative estimate of drug-likeness (QED) is 0.137. The highest BCUT2D eigenvalue weighted by Gasteiger charge is 2.19. The van der Waals surface area contributed by atoms with E-state index in [1.807, 2.05) is 24.3 Å². The number of benzene rings is 6. The van der Waals surface area contributed by atoms with Crippen molar-refractivity contribution in [3.63, 3.8) is 0 Å². The van der Waals surface area contributed by atoms with Crippen molar-refractivity contribution in [2.45, 2.75) is 18.1 Å². The molecular weight excluding hydrogens is 538 g/mol. The van der Waals surface area contributed by atoms with E-state index < -0.39 is 0 Å². The average molecular weight is 574 g/mol. The first kappa shape index (κ1) is 27.2. The molecule has 0 aliphatic carbocycles. The number of nitrogens with two attached hydrogens (primary N) is 2. The summed E-state index contributed by atoms with van der Waals surface area (Å²) in [5.41, 5.74) is 23.7. The van der Waals surface area contributed by atoms with Gasteiger partial charge in [0.1, 0.15) is 0 Å². The first-order valence-corrected chi connectivity index (χ1v) is 14.9. The first-order chi connectivity index (χ1) is 21.6. The molecule has 0 saturated carbocycles. The molecule has 6 aromatic rings. The van der Waals surface area contributed by atoms with Gasteiger partial charge in [0.2, 0.25) is 0 Å². The summed E-state index contributed by atoms with van der Waals surface area (Å²) in [6.45, 7) is 0. The van der Waals surface area contributed by atoms with Crippen LogP contribution in [0.3, 0.4) is 0 Å². The minimum atomic E-state index is -0.0582. The Labute approximate surface area is 258 Å². The van der Waals surface area contributed by atoms with Crippen LogP contribution in [-0.2, 0) is 0 Å². The van der Waals surface area contributed by atoms with Gasteiger partial charge in [-0.2, -0.15) is 0 Å². The molecule has 4 aliphatic heterocycles. The molecule has 0 fully saturated rings. The fourth-order valence-electron chi connectivity index (χ4n) is 5.92. The number of fused-ring (bicyclic) bond motifs is 3. The van der Waals surface area contributed by atoms with E-state index in [1.54, 1.807) is 0 Å². The summed E-state index contributed by atoms with van der Waals surface area (Å²) in [5.74, 6) is 0. The molecule has 3 unspecified atom stereocenters. The van der Waals surface area contributed by atoms with Crippen LogP contribution in [0.15, 0.2) is 152 Å². The Morgan fingerprint density at radius 3 is 0.841 bits per heavy atom. The zero-order valence-electron chi connectivity index (χ0n) is 24.3. The zero-order chi connectivity index (χ0) is 29.9. The molecule has 5 heteroatoms. The molecular formula is C39H35N5. The van der Waals surface area contributed by atoms with Gasteiger partial charge in [0.25, 0.3) is 0 Å². The molecule has 6 aromatic carbocycles. The second-order valence-corrected chi connectivity index (χ2v) is 11.3. The van der Waals surface area contributed by atoms with Gasteiger partial charge in [0.05, 0.1) is 18.1 Å². The molecule has 44 heavy (non-hydrogen) atoms. The Morgan fingerprint density at radius 2 is 0.545 bits per heavy atom. The Bertz CT molecular complexity index is 1770. The lowest BCUT2D eigenvalue weighted by Crippen LogP contribution is -2.16. The van der Waals surface area contributed by atoms with Crippen LogP contribution in [0.1, 0.15) is 51.5 Å². The molecule has 0 aromatic heterocycles. The zero-order valence-corrected chi connectivity index (χ0v) is 24.3. The Kier molecular flexibility index (Phi) is 7.35. The van der Waals surface area contributed by atoms with E-state index in [9.17, 15) is 0 Å². The highest BCUT2D eigenvalue weighted by atomic mass is 14.9. The van der Waals surface area contributed by atoms with Crippen LogP contribution in [0.4, 0.5) is 28.4 Å². The van der Waals surface area contributed by atoms with Gasteiger partial charge in [0, 0.05) is 28.4 Å². The summed E-state index contributed by atoms with van der Waals surface area (Å²) in [6.07, 6.45) is 0. The van der Waals surface area contributed by atoms with Crippen molar-refractivity contribution in [1.29, 1.82) is 0 Å². The maximum Gasteiger partial charge on any atom is 0.0767 e. The van der Waals surface area contributed by atoms with Gasteiger partial charge in [-0.15, -0.1) is 0 Å². The van der Waals surface area contributed by atoms with Crippen molar-refractivity contribution in [2.75, 3.05) is 27.4 Å². The second kappa shape index (κ2) is 11.9. The normalized spacial score (nSPS) is 17.6. The molecule has 5 nitrogen and oxygen atoms in total. The minimum absolute atomic E-state index is 0.0132. The van der Waals surface area contributed by atoms with Crippen molar-refractivity contribution in [1.82, 2.24) is 0 Å². The lowest BCUT2D eigenvalue weighted by molar-refractivity contribution is 0.917. The van der Waals surface area contributed by atoms with Crippen LogP contribution >= 0.6 is 0 Å². The maximum absolute atomic E-state index is 6.05. The number of hydrogen-bond donors (Lipinski definition) is 5. The van der Waals surface area contributed by atoms with E-state index in [1.165, 1.54) is 11.1 Å². The summed E-state index contributed by atoms with van der Waals surface area (Å²) in [7, 11) is 0. The summed E-state index contributed by atoms with van der Waals surface area (Å²) in [4.78, 5) is 0. The van der Waals surface area contributed by atoms with E-state index in [4.69, 9.17) is 11.5 Å². The SMILES string of the molecule is Nc1ccc(C2Nc3ccc(cc3)C(c3ccccc3)Nc3ccc(cc3)C(c3ccc(N)cc3)Nc3ccc2cc3)cc1. The fraction of sp³-hybridized carbons (Fsp3) is 0.0769. The van der Waals surface area contributed by atoms with Crippen LogP contribution in [0.25, 0.3) is 0 Å². The Morgan fingerprint density at radius 1 is 0.295 bits per heavy atom. The van der Waals surface area contributed by atoms with Crippen LogP contribution in [-0.4, -0.2) is 0 Å². The molecule has 10 rings (SSSR count). The van der Waals surface area contributed by atoms with Gasteiger partial charge in [0.15, 0.2) is 0 Å². The molecule has 0 spiro atoms. The van der Waals surface area contributed by atoms with Crippen molar-refractivity contribution in [3.05, 3.63) is 185 Å². The van der Waals surface area contributed by atoms with Crippen molar-refractivity contribution < 1.29 is 0 Å². The molecule has 7 N–H and O–H groups in total. The molecule has 0 amide bonds. The Balaban J connectivity index is 1.35. The lowest BCUT2D eigenvalue weighted by atomic mass is 9.95. The fourth-order valence-corrected chi connectivity index (χ4v) is 5.92. The number of nitrogens with one attached hydrogen (secondary N) is 3. The highest BCUT2D eigenvalue weighted by Crippen LogP contribution is 2.34. The predicted octanol–water partition coefficient (Wildman–Crippen LogP) is 8.77. The second-order valence-electron chi connectivity index (χ2n) is 11.3. The minimum Gasteiger partial charge on any atom is -0.399 e. The van der Waals surface area contributed by atoms with Crippen molar-refractivity contribution >= 4 is 28.4 Å². The average Bonchev–Trinajstić information content (AvgIpc) is 3.07. The van der Waals surface area contributed by atoms with Gasteiger partial charge in [-0.3, -0.25) is 0 Å². The molecule has 6 bridgehead atoms. The van der Waals surface area contributed by atoms with Crippen LogP contribution < -0.4 is 27.4 Å². The van der Waals surface area contributed by atoms with Gasteiger partial charge in [-0.1, -0.05) is 91.0 Å². The number of hydrogen-bond acceptors (Lipinski definition) is 5. The largest absolute Gasteiger partial charge is 0.399 e. The molecule has 0 saturated heterocycles. The third kappa shape index (κ3) is 5.81. The third-order valence-corrected chi connectivity index (χ3v) is 8.34. The molecule has 0 radical (unpaired) electrons. The van der Waals surface area contributed by atoms with E-state index in [-0.39, 0.29) is 18.1 Å². The van der Waals surface area contributed by atoms with E-state index in [0.29, 0.717) is 0 Å². The first-order valence-electron chi connectivity index (χ1n) is 14.9. The van der Waals surface area contributed by atoms with E-state index in [0.717, 1.165) is 50.7 Å². The van der Waals surface area contributed by atoms with E-state index in [2.05, 4.69) is 143 Å². The molecule has 4 aliphatic rings. The molecule has 3 atom stereocenters. The monoisotopic (exact) mass is 573 g/mol. The molecule has 216 valence electrons. The summed E-state index contributed by atoms with van der Waals surface area (Å²) < 4.78 is 0. The third-order valence-electron chi connectivity index (χ3n) is 8.34. The summed E-state index contributed by atoms with van der Waals surface area (Å²) in [5, 5.41) is 11.4. The van der Waals surface area contributed by atoms with Gasteiger partial charge < -0.3 is 27.4 Å². The van der Waals surface area contributed by atoms with Gasteiger partial charge in [-0.05, 0) is 94.0 Å². The number of anilines is 5. The standard InChI is InChI=1S/C39H35N5/c40-32-16-6-27(7-17-32)38-30-12-22-34(23-13-30)42-37(26-4-2-1-3-5-26)29-10-20-35(21-11-29)43-39(28-8-18-33(41)19-9-28)31-14-24-36(44-38)25-15-31/h1-25,37-39,42-44H,40-41H2. The van der Waals surface area contributed by atoms with Crippen molar-refractivity contribution in [2.24, 2.45) is 0 Å². The van der Waals surface area contributed by atoms with Gasteiger partial charge in [-0.25, -0.2) is 0 Å². The Hall–Kier alpha value is -5.68. The maximum atomic E-state index is 6.05. The number of nitrogen functional groups attached to an aromatic ring is 2. The summed E-state index contributed by atoms with van der Waals surface area (Å²) in [6, 6.07) is 52.8. The highest BCUT2D eigenvalue weighted by molar-refractivity contribution is 5.58. The van der Waals surface area contributed by atoms with Crippen molar-refractivity contribution in [3.8, 4) is 0 Å². The van der Waals surface area contributed by atoms with E-state index >= 15 is 0 Å². The summed E-state index contributed by atoms with van der Waals surface area (Å²) >= 11 is 0. The number of rotatable bonds is 3. The predicted molar refractivity (Wildman–Crippen MR) is 184 cm³/mol. The van der Waals surface area contributed by atoms with Gasteiger partial charge >= 0.3 is 0 Å². The molecule has 4 heterocycles.